The predicted octanol–water partition coefficient (Wildman–Crippen LogP) is 9.89. The molecule has 0 nitrogen and oxygen atoms in total. The molecule has 38 heteroatoms. The molecule has 4 aromatic carbocycles. The van der Waals surface area contributed by atoms with Crippen LogP contribution in [0.25, 0.3) is 0 Å². The number of halogens is 36. The van der Waals surface area contributed by atoms with Gasteiger partial charge in [0.05, 0.1) is 0 Å². The van der Waals surface area contributed by atoms with Gasteiger partial charge in [0.15, 0.2) is 23.3 Å². The van der Waals surface area contributed by atoms with Crippen molar-refractivity contribution in [1.82, 2.24) is 0 Å². The van der Waals surface area contributed by atoms with E-state index in [0.29, 0.717) is 0 Å². The van der Waals surface area contributed by atoms with Crippen LogP contribution in [0.15, 0.2) is 0 Å². The summed E-state index contributed by atoms with van der Waals surface area (Å²) in [5.74, 6) is -62.4. The van der Waals surface area contributed by atoms with Crippen molar-refractivity contribution in [3.8, 4) is 0 Å². The van der Waals surface area contributed by atoms with E-state index in [4.69, 9.17) is 0 Å². The van der Waals surface area contributed by atoms with E-state index in [1.807, 2.05) is 0 Å². The zero-order chi connectivity index (χ0) is 54.4. The Kier molecular flexibility index (Phi) is 14.7. The molecule has 0 atom stereocenters. The SMILES string of the molecule is Fc1c([B-](c2c(F)c(C(F)(F)F)c(F)c(C(F)(F)F)c2F)(c2c(F)c(C(F)(F)F)c(F)c(C(F)(F)F)c2F)c2c(F)c(C(F)(F)F)c(F)c(C(F)(F)F)c2F)c(F)c(C(F)(F)F)c(F)c1C(F)(F)F.[Li+]. The Morgan fingerprint density at radius 1 is 0.171 bits per heavy atom. The van der Waals surface area contributed by atoms with Gasteiger partial charge in [-0.25, -0.2) is 52.7 Å². The van der Waals surface area contributed by atoms with Crippen LogP contribution in [0.1, 0.15) is 44.5 Å². The Morgan fingerprint density at radius 2 is 0.257 bits per heavy atom. The molecule has 0 aliphatic rings. The Morgan fingerprint density at radius 3 is 0.329 bits per heavy atom. The van der Waals surface area contributed by atoms with Crippen LogP contribution in [-0.4, -0.2) is 6.15 Å². The van der Waals surface area contributed by atoms with Crippen LogP contribution in [0.3, 0.4) is 0 Å². The Balaban J connectivity index is 0.0000130. The van der Waals surface area contributed by atoms with Gasteiger partial charge in [0, 0.05) is 0 Å². The second kappa shape index (κ2) is 17.4. The monoisotopic (exact) mass is 1090 g/mol. The van der Waals surface area contributed by atoms with Gasteiger partial charge < -0.3 is 0 Å². The van der Waals surface area contributed by atoms with Gasteiger partial charge in [-0.05, 0) is 0 Å². The van der Waals surface area contributed by atoms with Crippen molar-refractivity contribution in [1.29, 1.82) is 0 Å². The zero-order valence-electron chi connectivity index (χ0n) is 31.2. The maximum atomic E-state index is 16.6. The second-order valence-corrected chi connectivity index (χ2v) is 13.3. The Bertz CT molecular complexity index is 2230. The first kappa shape index (κ1) is 59.3. The van der Waals surface area contributed by atoms with Crippen LogP contribution in [0, 0.1) is 69.8 Å². The van der Waals surface area contributed by atoms with Crippen molar-refractivity contribution in [2.75, 3.05) is 0 Å². The third-order valence-electron chi connectivity index (χ3n) is 9.40. The summed E-state index contributed by atoms with van der Waals surface area (Å²) in [7, 11) is 0. The van der Waals surface area contributed by atoms with Crippen LogP contribution < -0.4 is 40.7 Å². The molecule has 0 saturated heterocycles. The average molecular weight is 1090 g/mol. The molecule has 4 rings (SSSR count). The molecule has 4 aromatic rings. The molecule has 0 unspecified atom stereocenters. The summed E-state index contributed by atoms with van der Waals surface area (Å²) in [5, 5.41) is 0. The smallest absolute Gasteiger partial charge is 0.210 e. The molecule has 0 radical (unpaired) electrons. The summed E-state index contributed by atoms with van der Waals surface area (Å²) in [5.41, 5.74) is -62.4. The third kappa shape index (κ3) is 9.12. The van der Waals surface area contributed by atoms with Crippen molar-refractivity contribution in [3.63, 3.8) is 0 Å². The molecule has 70 heavy (non-hydrogen) atoms. The molecule has 0 spiro atoms. The van der Waals surface area contributed by atoms with Crippen molar-refractivity contribution in [3.05, 3.63) is 114 Å². The van der Waals surface area contributed by atoms with Gasteiger partial charge in [0.25, 0.3) is 0 Å². The summed E-state index contributed by atoms with van der Waals surface area (Å²) in [6.07, 6.45) is -72.5. The first-order valence-corrected chi connectivity index (χ1v) is 16.0. The molecule has 0 saturated carbocycles. The summed E-state index contributed by atoms with van der Waals surface area (Å²) < 4.78 is 536. The number of hydrogen-bond acceptors (Lipinski definition) is 0. The fourth-order valence-electron chi connectivity index (χ4n) is 7.11. The van der Waals surface area contributed by atoms with Gasteiger partial charge in [-0.15, -0.1) is 21.9 Å². The first-order valence-electron chi connectivity index (χ1n) is 16.0. The summed E-state index contributed by atoms with van der Waals surface area (Å²) >= 11 is 0. The number of alkyl halides is 24. The van der Waals surface area contributed by atoms with Gasteiger partial charge in [0.2, 0.25) is 0 Å². The second-order valence-electron chi connectivity index (χ2n) is 13.3. The van der Waals surface area contributed by atoms with E-state index < -0.39 is 192 Å². The number of benzene rings is 4. The van der Waals surface area contributed by atoms with Gasteiger partial charge in [-0.1, -0.05) is 0 Å². The van der Waals surface area contributed by atoms with E-state index >= 15 is 52.7 Å². The minimum Gasteiger partial charge on any atom is -0.210 e. The molecule has 0 amide bonds. The molecular formula is C32BF36Li. The van der Waals surface area contributed by atoms with Crippen LogP contribution in [0.4, 0.5) is 158 Å². The summed E-state index contributed by atoms with van der Waals surface area (Å²) in [6.45, 7) is 0. The van der Waals surface area contributed by atoms with Crippen molar-refractivity contribution in [2.45, 2.75) is 49.4 Å². The van der Waals surface area contributed by atoms with E-state index in [0.717, 1.165) is 0 Å². The fourth-order valence-corrected chi connectivity index (χ4v) is 7.11. The van der Waals surface area contributed by atoms with E-state index in [2.05, 4.69) is 0 Å². The van der Waals surface area contributed by atoms with E-state index in [-0.39, 0.29) is 18.9 Å². The largest absolute Gasteiger partial charge is 1.00 e. The van der Waals surface area contributed by atoms with Gasteiger partial charge in [-0.3, -0.25) is 0 Å². The van der Waals surface area contributed by atoms with E-state index in [1.165, 1.54) is 0 Å². The quantitative estimate of drug-likeness (QED) is 0.141. The molecule has 0 aromatic heterocycles. The maximum Gasteiger partial charge on any atom is 1.00 e. The predicted molar refractivity (Wildman–Crippen MR) is 150 cm³/mol. The Labute approximate surface area is 368 Å². The number of hydrogen-bond donors (Lipinski definition) is 0. The minimum absolute atomic E-state index is 0. The van der Waals surface area contributed by atoms with Crippen LogP contribution in [-0.2, 0) is 49.4 Å². The standard InChI is InChI=1S/C32BF36.Li/c34-13-1(25(46,47)48)17(38)9(18(39)2(13)26(49,50)51)33(10-19(40)3(27(52,53)54)14(35)4(20(10)41)28(55,56)57,11-21(42)5(29(58,59)60)15(36)6(22(11)43)30(61,62)63)12-23(44)7(31(64,65)66)16(37)8(24(12)45)32(67,68)69;/q-1;+1. The Hall–Kier alpha value is -4.98. The van der Waals surface area contributed by atoms with E-state index in [9.17, 15) is 105 Å². The average Bonchev–Trinajstić information content (AvgIpc) is 3.02. The normalized spacial score (nSPS) is 13.9. The fraction of sp³-hybridized carbons (Fsp3) is 0.250. The number of rotatable bonds is 4. The third-order valence-corrected chi connectivity index (χ3v) is 9.40. The summed E-state index contributed by atoms with van der Waals surface area (Å²) in [4.78, 5) is 0. The molecule has 0 bridgehead atoms. The molecule has 0 aliphatic heterocycles. The molecule has 0 heterocycles. The van der Waals surface area contributed by atoms with Crippen LogP contribution in [0.5, 0.6) is 0 Å². The maximum absolute atomic E-state index is 16.6. The van der Waals surface area contributed by atoms with Crippen molar-refractivity contribution in [2.24, 2.45) is 0 Å². The summed E-state index contributed by atoms with van der Waals surface area (Å²) in [6, 6.07) is 0. The van der Waals surface area contributed by atoms with Crippen LogP contribution in [0.2, 0.25) is 0 Å². The molecule has 0 aliphatic carbocycles. The topological polar surface area (TPSA) is 0 Å². The van der Waals surface area contributed by atoms with Crippen molar-refractivity contribution < 1.29 is 177 Å². The van der Waals surface area contributed by atoms with E-state index in [1.54, 1.807) is 0 Å². The minimum atomic E-state index is -9.72. The molecular weight excluding hydrogens is 1090 g/mol. The van der Waals surface area contributed by atoms with Gasteiger partial charge in [-0.2, -0.15) is 105 Å². The zero-order valence-corrected chi connectivity index (χ0v) is 31.2. The molecule has 0 N–H and O–H groups in total. The van der Waals surface area contributed by atoms with Gasteiger partial charge >= 0.3 is 68.3 Å². The molecule has 384 valence electrons. The van der Waals surface area contributed by atoms with Crippen LogP contribution >= 0.6 is 0 Å². The van der Waals surface area contributed by atoms with Crippen molar-refractivity contribution >= 4 is 28.0 Å². The molecule has 0 fully saturated rings. The first-order chi connectivity index (χ1) is 30.4. The van der Waals surface area contributed by atoms with Gasteiger partial charge in [0.1, 0.15) is 97.2 Å².